The number of hydrogen-bond donors (Lipinski definition) is 1. The fourth-order valence-corrected chi connectivity index (χ4v) is 2.13. The van der Waals surface area contributed by atoms with E-state index in [0.29, 0.717) is 17.6 Å². The molecule has 0 bridgehead atoms. The van der Waals surface area contributed by atoms with Crippen LogP contribution in [0.3, 0.4) is 0 Å². The SMILES string of the molecule is CCCCCCC(C)NCc1cc(F)ccc1Cl. The van der Waals surface area contributed by atoms with Crippen molar-refractivity contribution in [2.24, 2.45) is 0 Å². The molecule has 0 amide bonds. The first kappa shape index (κ1) is 15.5. The second kappa shape index (κ2) is 8.49. The summed E-state index contributed by atoms with van der Waals surface area (Å²) in [5.74, 6) is -0.230. The highest BCUT2D eigenvalue weighted by atomic mass is 35.5. The van der Waals surface area contributed by atoms with Gasteiger partial charge in [-0.1, -0.05) is 44.2 Å². The molecule has 1 atom stereocenters. The van der Waals surface area contributed by atoms with Gasteiger partial charge in [-0.3, -0.25) is 0 Å². The molecule has 0 spiro atoms. The Labute approximate surface area is 115 Å². The van der Waals surface area contributed by atoms with Crippen molar-refractivity contribution in [3.8, 4) is 0 Å². The van der Waals surface area contributed by atoms with E-state index in [0.717, 1.165) is 12.0 Å². The van der Waals surface area contributed by atoms with Crippen molar-refractivity contribution in [3.63, 3.8) is 0 Å². The molecule has 1 nitrogen and oxygen atoms in total. The number of hydrogen-bond acceptors (Lipinski definition) is 1. The Kier molecular flexibility index (Phi) is 7.29. The first-order valence-corrected chi connectivity index (χ1v) is 7.18. The molecule has 18 heavy (non-hydrogen) atoms. The average molecular weight is 272 g/mol. The molecule has 102 valence electrons. The van der Waals surface area contributed by atoms with Gasteiger partial charge in [-0.05, 0) is 37.1 Å². The number of unbranched alkanes of at least 4 members (excludes halogenated alkanes) is 3. The summed E-state index contributed by atoms with van der Waals surface area (Å²) >= 11 is 6.02. The fraction of sp³-hybridized carbons (Fsp3) is 0.600. The maximum absolute atomic E-state index is 13.1. The summed E-state index contributed by atoms with van der Waals surface area (Å²) in [6, 6.07) is 4.94. The van der Waals surface area contributed by atoms with Gasteiger partial charge in [0, 0.05) is 17.6 Å². The highest BCUT2D eigenvalue weighted by Crippen LogP contribution is 2.17. The van der Waals surface area contributed by atoms with Gasteiger partial charge in [0.15, 0.2) is 0 Å². The third-order valence-electron chi connectivity index (χ3n) is 3.14. The van der Waals surface area contributed by atoms with E-state index < -0.39 is 0 Å². The molecule has 0 aromatic heterocycles. The quantitative estimate of drug-likeness (QED) is 0.661. The summed E-state index contributed by atoms with van der Waals surface area (Å²) in [6.07, 6.45) is 6.28. The molecular weight excluding hydrogens is 249 g/mol. The summed E-state index contributed by atoms with van der Waals surface area (Å²) in [4.78, 5) is 0. The van der Waals surface area contributed by atoms with Crippen LogP contribution in [0.4, 0.5) is 4.39 Å². The van der Waals surface area contributed by atoms with E-state index in [1.165, 1.54) is 37.8 Å². The standard InChI is InChI=1S/C15H23ClFN/c1-3-4-5-6-7-12(2)18-11-13-10-14(17)8-9-15(13)16/h8-10,12,18H,3-7,11H2,1-2H3. The second-order valence-corrected chi connectivity index (χ2v) is 5.27. The Bertz CT molecular complexity index is 354. The van der Waals surface area contributed by atoms with E-state index in [1.54, 1.807) is 6.07 Å². The van der Waals surface area contributed by atoms with Crippen LogP contribution in [-0.4, -0.2) is 6.04 Å². The molecule has 3 heteroatoms. The van der Waals surface area contributed by atoms with Crippen molar-refractivity contribution in [1.29, 1.82) is 0 Å². The lowest BCUT2D eigenvalue weighted by molar-refractivity contribution is 0.482. The molecule has 0 saturated carbocycles. The smallest absolute Gasteiger partial charge is 0.123 e. The fourth-order valence-electron chi connectivity index (χ4n) is 1.94. The lowest BCUT2D eigenvalue weighted by atomic mass is 10.1. The van der Waals surface area contributed by atoms with Gasteiger partial charge in [0.05, 0.1) is 0 Å². The maximum Gasteiger partial charge on any atom is 0.123 e. The van der Waals surface area contributed by atoms with Crippen LogP contribution in [0.5, 0.6) is 0 Å². The summed E-state index contributed by atoms with van der Waals surface area (Å²) in [7, 11) is 0. The zero-order valence-corrected chi connectivity index (χ0v) is 12.1. The summed E-state index contributed by atoms with van der Waals surface area (Å²) in [5.41, 5.74) is 0.831. The lowest BCUT2D eigenvalue weighted by Gasteiger charge is -2.14. The minimum atomic E-state index is -0.230. The van der Waals surface area contributed by atoms with Crippen LogP contribution in [0.25, 0.3) is 0 Å². The van der Waals surface area contributed by atoms with Gasteiger partial charge in [0.25, 0.3) is 0 Å². The summed E-state index contributed by atoms with van der Waals surface area (Å²) in [6.45, 7) is 5.01. The van der Waals surface area contributed by atoms with E-state index in [1.807, 2.05) is 0 Å². The largest absolute Gasteiger partial charge is 0.310 e. The Morgan fingerprint density at radius 3 is 2.78 bits per heavy atom. The van der Waals surface area contributed by atoms with E-state index in [4.69, 9.17) is 11.6 Å². The van der Waals surface area contributed by atoms with Gasteiger partial charge in [0.2, 0.25) is 0 Å². The van der Waals surface area contributed by atoms with Crippen molar-refractivity contribution in [2.45, 2.75) is 58.5 Å². The van der Waals surface area contributed by atoms with Crippen molar-refractivity contribution < 1.29 is 4.39 Å². The zero-order chi connectivity index (χ0) is 13.4. The molecule has 0 radical (unpaired) electrons. The Balaban J connectivity index is 2.29. The Morgan fingerprint density at radius 1 is 1.28 bits per heavy atom. The van der Waals surface area contributed by atoms with Gasteiger partial charge >= 0.3 is 0 Å². The van der Waals surface area contributed by atoms with Crippen LogP contribution >= 0.6 is 11.6 Å². The van der Waals surface area contributed by atoms with Crippen LogP contribution in [0.1, 0.15) is 51.5 Å². The van der Waals surface area contributed by atoms with Crippen molar-refractivity contribution in [2.75, 3.05) is 0 Å². The number of benzene rings is 1. The molecule has 0 aliphatic heterocycles. The molecule has 0 heterocycles. The third-order valence-corrected chi connectivity index (χ3v) is 3.51. The van der Waals surface area contributed by atoms with Gasteiger partial charge in [0.1, 0.15) is 5.82 Å². The van der Waals surface area contributed by atoms with Crippen LogP contribution in [0.2, 0.25) is 5.02 Å². The molecule has 1 N–H and O–H groups in total. The minimum Gasteiger partial charge on any atom is -0.310 e. The van der Waals surface area contributed by atoms with Crippen LogP contribution in [0, 0.1) is 5.82 Å². The van der Waals surface area contributed by atoms with E-state index in [-0.39, 0.29) is 5.82 Å². The van der Waals surface area contributed by atoms with Gasteiger partial charge in [-0.15, -0.1) is 0 Å². The first-order chi connectivity index (χ1) is 8.63. The monoisotopic (exact) mass is 271 g/mol. The normalized spacial score (nSPS) is 12.7. The molecule has 1 rings (SSSR count). The Morgan fingerprint density at radius 2 is 2.06 bits per heavy atom. The average Bonchev–Trinajstić information content (AvgIpc) is 2.36. The van der Waals surface area contributed by atoms with Gasteiger partial charge < -0.3 is 5.32 Å². The zero-order valence-electron chi connectivity index (χ0n) is 11.3. The van der Waals surface area contributed by atoms with Crippen molar-refractivity contribution in [1.82, 2.24) is 5.32 Å². The highest BCUT2D eigenvalue weighted by molar-refractivity contribution is 6.31. The molecule has 0 aliphatic carbocycles. The molecule has 1 aromatic carbocycles. The van der Waals surface area contributed by atoms with Crippen molar-refractivity contribution >= 4 is 11.6 Å². The Hall–Kier alpha value is -0.600. The first-order valence-electron chi connectivity index (χ1n) is 6.80. The van der Waals surface area contributed by atoms with E-state index >= 15 is 0 Å². The van der Waals surface area contributed by atoms with Gasteiger partial charge in [-0.2, -0.15) is 0 Å². The lowest BCUT2D eigenvalue weighted by Crippen LogP contribution is -2.25. The van der Waals surface area contributed by atoms with Gasteiger partial charge in [-0.25, -0.2) is 4.39 Å². The van der Waals surface area contributed by atoms with Crippen LogP contribution in [-0.2, 0) is 6.54 Å². The topological polar surface area (TPSA) is 12.0 Å². The maximum atomic E-state index is 13.1. The van der Waals surface area contributed by atoms with E-state index in [2.05, 4.69) is 19.2 Å². The predicted octanol–water partition coefficient (Wildman–Crippen LogP) is 4.93. The minimum absolute atomic E-state index is 0.230. The molecule has 1 aromatic rings. The number of rotatable bonds is 8. The van der Waals surface area contributed by atoms with Crippen LogP contribution < -0.4 is 5.32 Å². The van der Waals surface area contributed by atoms with Crippen molar-refractivity contribution in [3.05, 3.63) is 34.6 Å². The second-order valence-electron chi connectivity index (χ2n) is 4.87. The predicted molar refractivity (Wildman–Crippen MR) is 76.5 cm³/mol. The third kappa shape index (κ3) is 5.83. The van der Waals surface area contributed by atoms with E-state index in [9.17, 15) is 4.39 Å². The summed E-state index contributed by atoms with van der Waals surface area (Å²) in [5, 5.41) is 4.02. The summed E-state index contributed by atoms with van der Waals surface area (Å²) < 4.78 is 13.1. The molecule has 1 unspecified atom stereocenters. The molecule has 0 saturated heterocycles. The molecular formula is C15H23ClFN. The van der Waals surface area contributed by atoms with Crippen LogP contribution in [0.15, 0.2) is 18.2 Å². The molecule has 0 aliphatic rings. The number of halogens is 2. The number of nitrogens with one attached hydrogen (secondary N) is 1. The molecule has 0 fully saturated rings. The highest BCUT2D eigenvalue weighted by Gasteiger charge is 2.05.